The maximum atomic E-state index is 13.5. The molecule has 1 aromatic rings. The van der Waals surface area contributed by atoms with Crippen molar-refractivity contribution in [2.24, 2.45) is 23.5 Å². The third-order valence-electron chi connectivity index (χ3n) is 8.93. The maximum absolute atomic E-state index is 13.5. The van der Waals surface area contributed by atoms with Crippen LogP contribution in [0.2, 0.25) is 0 Å². The molecule has 1 aliphatic heterocycles. The number of hydrogen-bond acceptors (Lipinski definition) is 8. The van der Waals surface area contributed by atoms with Crippen LogP contribution in [0.1, 0.15) is 57.9 Å². The molecule has 0 aliphatic carbocycles. The normalized spacial score (nSPS) is 19.8. The van der Waals surface area contributed by atoms with Crippen LogP contribution in [0.3, 0.4) is 0 Å². The van der Waals surface area contributed by atoms with Gasteiger partial charge in [-0.3, -0.25) is 20.2 Å². The van der Waals surface area contributed by atoms with Gasteiger partial charge in [-0.25, -0.2) is 0 Å². The standard InChI is InChI=1S/C31H52N4O6/c1-23(31(32,41-6)29(38)33-3)21-30(16-12-20-39-4,35-17-10-11-18-35)26(15-19-36)27(40-5)24(2)28(37)34-22-25-13-8-7-9-14-25/h7-9,13-14,19,23-24,26-27H,10-12,15-18,20-22,32H2,1-6H3,(H,33,38)(H,34,37)/t23?,24?,26?,27?,30?,31-/m1/s1. The molecular weight excluding hydrogens is 524 g/mol. The number of nitrogens with two attached hydrogens (primary N) is 1. The van der Waals surface area contributed by atoms with E-state index in [-0.39, 0.29) is 18.2 Å². The number of aldehydes is 1. The van der Waals surface area contributed by atoms with Crippen LogP contribution in [0.15, 0.2) is 30.3 Å². The zero-order valence-corrected chi connectivity index (χ0v) is 25.8. The fraction of sp³-hybridized carbons (Fsp3) is 0.710. The van der Waals surface area contributed by atoms with Crippen molar-refractivity contribution < 1.29 is 28.6 Å². The van der Waals surface area contributed by atoms with Crippen molar-refractivity contribution in [1.82, 2.24) is 15.5 Å². The van der Waals surface area contributed by atoms with Crippen molar-refractivity contribution >= 4 is 18.1 Å². The van der Waals surface area contributed by atoms with Gasteiger partial charge >= 0.3 is 0 Å². The van der Waals surface area contributed by atoms with Crippen molar-refractivity contribution in [3.63, 3.8) is 0 Å². The Balaban J connectivity index is 2.54. The van der Waals surface area contributed by atoms with Crippen LogP contribution in [-0.2, 0) is 35.1 Å². The molecule has 0 aromatic heterocycles. The van der Waals surface area contributed by atoms with Crippen molar-refractivity contribution in [2.75, 3.05) is 48.1 Å². The smallest absolute Gasteiger partial charge is 0.267 e. The third kappa shape index (κ3) is 8.58. The minimum absolute atomic E-state index is 0.146. The summed E-state index contributed by atoms with van der Waals surface area (Å²) in [7, 11) is 6.24. The fourth-order valence-corrected chi connectivity index (χ4v) is 6.62. The first-order chi connectivity index (χ1) is 19.6. The van der Waals surface area contributed by atoms with Crippen LogP contribution in [0.4, 0.5) is 0 Å². The molecule has 5 unspecified atom stereocenters. The van der Waals surface area contributed by atoms with E-state index in [1.807, 2.05) is 44.2 Å². The Bertz CT molecular complexity index is 944. The van der Waals surface area contributed by atoms with Crippen molar-refractivity contribution in [3.05, 3.63) is 35.9 Å². The highest BCUT2D eigenvalue weighted by Gasteiger charge is 2.53. The molecule has 41 heavy (non-hydrogen) atoms. The molecule has 1 saturated heterocycles. The molecule has 232 valence electrons. The molecule has 4 N–H and O–H groups in total. The van der Waals surface area contributed by atoms with Crippen molar-refractivity contribution in [1.29, 1.82) is 0 Å². The first kappa shape index (κ1) is 34.8. The highest BCUT2D eigenvalue weighted by atomic mass is 16.5. The van der Waals surface area contributed by atoms with Crippen LogP contribution in [-0.4, -0.2) is 88.4 Å². The van der Waals surface area contributed by atoms with Gasteiger partial charge in [-0.15, -0.1) is 0 Å². The summed E-state index contributed by atoms with van der Waals surface area (Å²) in [4.78, 5) is 41.1. The number of hydrogen-bond donors (Lipinski definition) is 3. The monoisotopic (exact) mass is 576 g/mol. The molecule has 0 radical (unpaired) electrons. The van der Waals surface area contributed by atoms with Gasteiger partial charge in [0.2, 0.25) is 5.91 Å². The van der Waals surface area contributed by atoms with Gasteiger partial charge in [0.1, 0.15) is 6.29 Å². The van der Waals surface area contributed by atoms with Crippen LogP contribution < -0.4 is 16.4 Å². The third-order valence-corrected chi connectivity index (χ3v) is 8.93. The lowest BCUT2D eigenvalue weighted by molar-refractivity contribution is -0.155. The number of rotatable bonds is 19. The van der Waals surface area contributed by atoms with E-state index in [9.17, 15) is 14.4 Å². The first-order valence-corrected chi connectivity index (χ1v) is 14.7. The van der Waals surface area contributed by atoms with Gasteiger partial charge in [-0.05, 0) is 50.8 Å². The van der Waals surface area contributed by atoms with E-state index in [2.05, 4.69) is 15.5 Å². The largest absolute Gasteiger partial charge is 0.385 e. The predicted octanol–water partition coefficient (Wildman–Crippen LogP) is 2.49. The van der Waals surface area contributed by atoms with E-state index >= 15 is 0 Å². The number of likely N-dealkylation sites (N-methyl/N-ethyl adjacent to an activating group) is 1. The highest BCUT2D eigenvalue weighted by molar-refractivity contribution is 5.84. The number of carbonyl (C=O) groups excluding carboxylic acids is 3. The topological polar surface area (TPSA) is 132 Å². The molecule has 1 aromatic carbocycles. The Hall–Kier alpha value is -2.37. The zero-order chi connectivity index (χ0) is 30.5. The van der Waals surface area contributed by atoms with E-state index in [0.29, 0.717) is 26.0 Å². The second kappa shape index (κ2) is 16.9. The number of nitrogens with zero attached hydrogens (tertiary/aromatic N) is 1. The number of nitrogens with one attached hydrogen (secondary N) is 2. The van der Waals surface area contributed by atoms with Gasteiger partial charge in [0.15, 0.2) is 5.72 Å². The Morgan fingerprint density at radius 2 is 1.78 bits per heavy atom. The summed E-state index contributed by atoms with van der Waals surface area (Å²) in [5.41, 5.74) is 5.41. The summed E-state index contributed by atoms with van der Waals surface area (Å²) >= 11 is 0. The molecule has 1 aliphatic rings. The fourth-order valence-electron chi connectivity index (χ4n) is 6.62. The Kier molecular flexibility index (Phi) is 14.4. The lowest BCUT2D eigenvalue weighted by Gasteiger charge is -2.53. The molecule has 0 spiro atoms. The summed E-state index contributed by atoms with van der Waals surface area (Å²) < 4.78 is 17.2. The van der Waals surface area contributed by atoms with Crippen LogP contribution in [0.5, 0.6) is 0 Å². The number of benzene rings is 1. The van der Waals surface area contributed by atoms with Gasteiger partial charge in [0.25, 0.3) is 5.91 Å². The Labute approximate surface area is 246 Å². The summed E-state index contributed by atoms with van der Waals surface area (Å²) in [6.45, 7) is 6.38. The summed E-state index contributed by atoms with van der Waals surface area (Å²) in [6.07, 6.45) is 4.45. The lowest BCUT2D eigenvalue weighted by atomic mass is 9.66. The van der Waals surface area contributed by atoms with E-state index < -0.39 is 35.1 Å². The van der Waals surface area contributed by atoms with Crippen molar-refractivity contribution in [3.8, 4) is 0 Å². The maximum Gasteiger partial charge on any atom is 0.267 e. The van der Waals surface area contributed by atoms with Gasteiger partial charge in [0.05, 0.1) is 12.0 Å². The summed E-state index contributed by atoms with van der Waals surface area (Å²) in [5, 5.41) is 5.68. The molecule has 10 nitrogen and oxygen atoms in total. The van der Waals surface area contributed by atoms with E-state index in [1.54, 1.807) is 14.2 Å². The quantitative estimate of drug-likeness (QED) is 0.130. The molecular formula is C31H52N4O6. The van der Waals surface area contributed by atoms with Crippen LogP contribution in [0.25, 0.3) is 0 Å². The number of carbonyl (C=O) groups is 3. The minimum atomic E-state index is -1.58. The number of methoxy groups -OCH3 is 3. The van der Waals surface area contributed by atoms with Gasteiger partial charge in [-0.1, -0.05) is 44.2 Å². The van der Waals surface area contributed by atoms with E-state index in [1.165, 1.54) is 14.2 Å². The molecule has 1 heterocycles. The molecule has 10 heteroatoms. The number of ether oxygens (including phenoxy) is 3. The number of amides is 2. The van der Waals surface area contributed by atoms with E-state index in [0.717, 1.165) is 44.2 Å². The van der Waals surface area contributed by atoms with Gasteiger partial charge in [0, 0.05) is 65.3 Å². The average molecular weight is 577 g/mol. The lowest BCUT2D eigenvalue weighted by Crippen LogP contribution is -2.64. The molecule has 0 bridgehead atoms. The molecule has 0 saturated carbocycles. The second-order valence-electron chi connectivity index (χ2n) is 11.3. The zero-order valence-electron chi connectivity index (χ0n) is 25.8. The number of likely N-dealkylation sites (tertiary alicyclic amines) is 1. The van der Waals surface area contributed by atoms with Crippen LogP contribution >= 0.6 is 0 Å². The van der Waals surface area contributed by atoms with Gasteiger partial charge in [-0.2, -0.15) is 0 Å². The molecule has 2 rings (SSSR count). The highest BCUT2D eigenvalue weighted by Crippen LogP contribution is 2.45. The first-order valence-electron chi connectivity index (χ1n) is 14.7. The summed E-state index contributed by atoms with van der Waals surface area (Å²) in [5.74, 6) is -1.89. The van der Waals surface area contributed by atoms with Crippen molar-refractivity contribution in [2.45, 2.75) is 76.3 Å². The van der Waals surface area contributed by atoms with E-state index in [4.69, 9.17) is 19.9 Å². The van der Waals surface area contributed by atoms with Crippen LogP contribution in [0, 0.1) is 17.8 Å². The second-order valence-corrected chi connectivity index (χ2v) is 11.3. The Morgan fingerprint density at radius 1 is 1.12 bits per heavy atom. The molecule has 6 atom stereocenters. The Morgan fingerprint density at radius 3 is 2.32 bits per heavy atom. The average Bonchev–Trinajstić information content (AvgIpc) is 3.54. The SMILES string of the molecule is CNC(=O)[C@](N)(OC)C(C)CC(CCCOC)(C(CC=O)C(OC)C(C)C(=O)NCc1ccccc1)N1CCCC1. The predicted molar refractivity (Wildman–Crippen MR) is 159 cm³/mol. The molecule has 1 fully saturated rings. The summed E-state index contributed by atoms with van der Waals surface area (Å²) in [6, 6.07) is 9.73. The molecule has 2 amide bonds. The van der Waals surface area contributed by atoms with Gasteiger partial charge < -0.3 is 29.6 Å². The minimum Gasteiger partial charge on any atom is -0.385 e.